The topological polar surface area (TPSA) is 56.8 Å². The molecule has 0 heterocycles. The van der Waals surface area contributed by atoms with Gasteiger partial charge >= 0.3 is 0 Å². The number of rotatable bonds is 3. The van der Waals surface area contributed by atoms with Gasteiger partial charge in [-0.15, -0.1) is 0 Å². The lowest BCUT2D eigenvalue weighted by Gasteiger charge is -2.15. The third-order valence-electron chi connectivity index (χ3n) is 2.88. The minimum Gasteiger partial charge on any atom is -0.486 e. The molecule has 0 bridgehead atoms. The van der Waals surface area contributed by atoms with Gasteiger partial charge in [-0.25, -0.2) is 0 Å². The summed E-state index contributed by atoms with van der Waals surface area (Å²) in [6.07, 6.45) is -0.137. The maximum atomic E-state index is 8.99. The molecule has 98 valence electrons. The van der Waals surface area contributed by atoms with E-state index in [-0.39, 0.29) is 6.10 Å². The number of halogens is 1. The van der Waals surface area contributed by atoms with Crippen LogP contribution < -0.4 is 4.74 Å². The monoisotopic (exact) mass is 326 g/mol. The summed E-state index contributed by atoms with van der Waals surface area (Å²) in [5.41, 5.74) is 1.72. The van der Waals surface area contributed by atoms with Crippen molar-refractivity contribution in [2.75, 3.05) is 0 Å². The number of hydrogen-bond acceptors (Lipinski definition) is 3. The van der Waals surface area contributed by atoms with Crippen molar-refractivity contribution in [2.45, 2.75) is 13.0 Å². The predicted octanol–water partition coefficient (Wildman–Crippen LogP) is 4.33. The van der Waals surface area contributed by atoms with E-state index >= 15 is 0 Å². The van der Waals surface area contributed by atoms with Gasteiger partial charge in [-0.2, -0.15) is 10.5 Å². The molecule has 0 amide bonds. The Kier molecular flexibility index (Phi) is 4.40. The van der Waals surface area contributed by atoms with Crippen molar-refractivity contribution in [3.8, 4) is 17.9 Å². The van der Waals surface area contributed by atoms with Gasteiger partial charge in [0.25, 0.3) is 0 Å². The Balaban J connectivity index is 2.20. The summed E-state index contributed by atoms with van der Waals surface area (Å²) >= 11 is 3.39. The average Bonchev–Trinajstić information content (AvgIpc) is 2.47. The molecule has 2 aromatic rings. The molecule has 0 saturated heterocycles. The van der Waals surface area contributed by atoms with Gasteiger partial charge in [0.1, 0.15) is 24.0 Å². The van der Waals surface area contributed by atoms with E-state index in [1.165, 1.54) is 0 Å². The third kappa shape index (κ3) is 3.17. The van der Waals surface area contributed by atoms with Crippen LogP contribution in [-0.2, 0) is 0 Å². The molecular weight excluding hydrogens is 316 g/mol. The number of nitrogens with zero attached hydrogens (tertiary/aromatic N) is 2. The van der Waals surface area contributed by atoms with Crippen LogP contribution in [0.4, 0.5) is 0 Å². The Bertz CT molecular complexity index is 696. The summed E-state index contributed by atoms with van der Waals surface area (Å²) in [6, 6.07) is 16.7. The van der Waals surface area contributed by atoms with Crippen molar-refractivity contribution in [2.24, 2.45) is 0 Å². The van der Waals surface area contributed by atoms with Gasteiger partial charge in [-0.05, 0) is 42.8 Å². The second kappa shape index (κ2) is 6.23. The van der Waals surface area contributed by atoms with Gasteiger partial charge in [0.05, 0.1) is 11.1 Å². The first kappa shape index (κ1) is 14.1. The Morgan fingerprint density at radius 3 is 2.25 bits per heavy atom. The molecule has 0 aliphatic rings. The fourth-order valence-corrected chi connectivity index (χ4v) is 2.06. The van der Waals surface area contributed by atoms with Crippen LogP contribution in [-0.4, -0.2) is 0 Å². The van der Waals surface area contributed by atoms with Gasteiger partial charge in [-0.3, -0.25) is 0 Å². The summed E-state index contributed by atoms with van der Waals surface area (Å²) in [5, 5.41) is 17.9. The maximum Gasteiger partial charge on any atom is 0.121 e. The molecule has 0 radical (unpaired) electrons. The molecule has 0 aliphatic heterocycles. The van der Waals surface area contributed by atoms with Crippen LogP contribution >= 0.6 is 15.9 Å². The summed E-state index contributed by atoms with van der Waals surface area (Å²) < 4.78 is 6.82. The maximum absolute atomic E-state index is 8.99. The SMILES string of the molecule is C[C@@H](Oc1ccc(C#N)c(C#N)c1)c1ccc(Br)cc1. The van der Waals surface area contributed by atoms with Gasteiger partial charge in [0.2, 0.25) is 0 Å². The highest BCUT2D eigenvalue weighted by Crippen LogP contribution is 2.24. The average molecular weight is 327 g/mol. The van der Waals surface area contributed by atoms with Crippen LogP contribution in [0.5, 0.6) is 5.75 Å². The van der Waals surface area contributed by atoms with Gasteiger partial charge in [0, 0.05) is 4.47 Å². The quantitative estimate of drug-likeness (QED) is 0.843. The predicted molar refractivity (Wildman–Crippen MR) is 79.1 cm³/mol. The molecule has 0 N–H and O–H groups in total. The Morgan fingerprint density at radius 2 is 1.65 bits per heavy atom. The lowest BCUT2D eigenvalue weighted by molar-refractivity contribution is 0.227. The standard InChI is InChI=1S/C16H11BrN2O/c1-11(12-2-5-15(17)6-3-12)20-16-7-4-13(9-18)14(8-16)10-19/h2-8,11H,1H3/t11-/m1/s1. The van der Waals surface area contributed by atoms with E-state index in [2.05, 4.69) is 15.9 Å². The van der Waals surface area contributed by atoms with E-state index in [1.807, 2.05) is 43.3 Å². The minimum atomic E-state index is -0.137. The fraction of sp³-hybridized carbons (Fsp3) is 0.125. The molecule has 0 spiro atoms. The summed E-state index contributed by atoms with van der Waals surface area (Å²) in [5.74, 6) is 0.580. The Morgan fingerprint density at radius 1 is 1.00 bits per heavy atom. The second-order valence-electron chi connectivity index (χ2n) is 4.24. The zero-order valence-corrected chi connectivity index (χ0v) is 12.4. The zero-order chi connectivity index (χ0) is 14.5. The molecule has 20 heavy (non-hydrogen) atoms. The van der Waals surface area contributed by atoms with Crippen molar-refractivity contribution in [1.82, 2.24) is 0 Å². The molecule has 4 heteroatoms. The van der Waals surface area contributed by atoms with Crippen LogP contribution in [0.15, 0.2) is 46.9 Å². The second-order valence-corrected chi connectivity index (χ2v) is 5.16. The highest BCUT2D eigenvalue weighted by Gasteiger charge is 2.09. The summed E-state index contributed by atoms with van der Waals surface area (Å²) in [6.45, 7) is 1.94. The van der Waals surface area contributed by atoms with Gasteiger partial charge < -0.3 is 4.74 Å². The molecule has 2 rings (SSSR count). The molecular formula is C16H11BrN2O. The molecule has 0 aromatic heterocycles. The normalized spacial score (nSPS) is 11.2. The van der Waals surface area contributed by atoms with Crippen molar-refractivity contribution < 1.29 is 4.74 Å². The van der Waals surface area contributed by atoms with Crippen LogP contribution in [0.25, 0.3) is 0 Å². The van der Waals surface area contributed by atoms with E-state index in [9.17, 15) is 0 Å². The van der Waals surface area contributed by atoms with Crippen molar-refractivity contribution >= 4 is 15.9 Å². The number of nitriles is 2. The van der Waals surface area contributed by atoms with E-state index in [1.54, 1.807) is 18.2 Å². The summed E-state index contributed by atoms with van der Waals surface area (Å²) in [4.78, 5) is 0. The van der Waals surface area contributed by atoms with Crippen LogP contribution in [0.2, 0.25) is 0 Å². The Hall–Kier alpha value is -2.30. The van der Waals surface area contributed by atoms with Gasteiger partial charge in [0.15, 0.2) is 0 Å². The molecule has 0 saturated carbocycles. The minimum absolute atomic E-state index is 0.137. The first-order valence-electron chi connectivity index (χ1n) is 6.00. The van der Waals surface area contributed by atoms with Crippen molar-refractivity contribution in [3.63, 3.8) is 0 Å². The molecule has 0 fully saturated rings. The Labute approximate surface area is 126 Å². The highest BCUT2D eigenvalue weighted by molar-refractivity contribution is 9.10. The van der Waals surface area contributed by atoms with E-state index < -0.39 is 0 Å². The van der Waals surface area contributed by atoms with E-state index in [0.717, 1.165) is 10.0 Å². The third-order valence-corrected chi connectivity index (χ3v) is 3.41. The lowest BCUT2D eigenvalue weighted by atomic mass is 10.1. The van der Waals surface area contributed by atoms with E-state index in [0.29, 0.717) is 16.9 Å². The number of ether oxygens (including phenoxy) is 1. The number of hydrogen-bond donors (Lipinski definition) is 0. The van der Waals surface area contributed by atoms with Crippen molar-refractivity contribution in [1.29, 1.82) is 10.5 Å². The van der Waals surface area contributed by atoms with Crippen LogP contribution in [0, 0.1) is 22.7 Å². The molecule has 2 aromatic carbocycles. The van der Waals surface area contributed by atoms with Crippen molar-refractivity contribution in [3.05, 3.63) is 63.6 Å². The highest BCUT2D eigenvalue weighted by atomic mass is 79.9. The molecule has 0 aliphatic carbocycles. The first-order chi connectivity index (χ1) is 9.63. The lowest BCUT2D eigenvalue weighted by Crippen LogP contribution is -2.03. The first-order valence-corrected chi connectivity index (χ1v) is 6.79. The van der Waals surface area contributed by atoms with Crippen LogP contribution in [0.1, 0.15) is 29.7 Å². The molecule has 0 unspecified atom stereocenters. The smallest absolute Gasteiger partial charge is 0.121 e. The van der Waals surface area contributed by atoms with Crippen LogP contribution in [0.3, 0.4) is 0 Å². The molecule has 3 nitrogen and oxygen atoms in total. The molecule has 1 atom stereocenters. The fourth-order valence-electron chi connectivity index (χ4n) is 1.79. The van der Waals surface area contributed by atoms with E-state index in [4.69, 9.17) is 15.3 Å². The number of benzene rings is 2. The zero-order valence-electron chi connectivity index (χ0n) is 10.8. The van der Waals surface area contributed by atoms with Gasteiger partial charge in [-0.1, -0.05) is 28.1 Å². The largest absolute Gasteiger partial charge is 0.486 e. The summed E-state index contributed by atoms with van der Waals surface area (Å²) in [7, 11) is 0.